The highest BCUT2D eigenvalue weighted by molar-refractivity contribution is 5.55. The number of hydrazine groups is 1. The first-order valence-corrected chi connectivity index (χ1v) is 6.39. The first-order chi connectivity index (χ1) is 9.61. The standard InChI is InChI=1S/C14H18FN5/c1-9-7-12(15)4-3-11(9)5-6-17-13-10(2)14(20-16)19-8-18-13/h3-4,7-8H,5-6,16H2,1-2H3,(H2,17,18,19,20). The number of benzene rings is 1. The summed E-state index contributed by atoms with van der Waals surface area (Å²) in [6, 6.07) is 4.84. The molecule has 0 unspecified atom stereocenters. The highest BCUT2D eigenvalue weighted by atomic mass is 19.1. The molecule has 0 atom stereocenters. The summed E-state index contributed by atoms with van der Waals surface area (Å²) in [5.41, 5.74) is 5.46. The van der Waals surface area contributed by atoms with Gasteiger partial charge in [0, 0.05) is 12.1 Å². The SMILES string of the molecule is Cc1cc(F)ccc1CCNc1ncnc(NN)c1C. The largest absolute Gasteiger partial charge is 0.369 e. The minimum atomic E-state index is -0.204. The Morgan fingerprint density at radius 3 is 2.65 bits per heavy atom. The van der Waals surface area contributed by atoms with Gasteiger partial charge in [0.05, 0.1) is 0 Å². The summed E-state index contributed by atoms with van der Waals surface area (Å²) < 4.78 is 13.0. The van der Waals surface area contributed by atoms with Crippen LogP contribution in [0.2, 0.25) is 0 Å². The van der Waals surface area contributed by atoms with Crippen LogP contribution < -0.4 is 16.6 Å². The van der Waals surface area contributed by atoms with Crippen LogP contribution in [0.3, 0.4) is 0 Å². The number of nitrogens with zero attached hydrogens (tertiary/aromatic N) is 2. The lowest BCUT2D eigenvalue weighted by molar-refractivity contribution is 0.625. The molecule has 0 radical (unpaired) electrons. The number of aryl methyl sites for hydroxylation is 1. The molecule has 0 amide bonds. The van der Waals surface area contributed by atoms with Gasteiger partial charge in [0.25, 0.3) is 0 Å². The second-order valence-electron chi connectivity index (χ2n) is 4.59. The van der Waals surface area contributed by atoms with E-state index in [2.05, 4.69) is 20.7 Å². The van der Waals surface area contributed by atoms with Crippen molar-refractivity contribution in [1.82, 2.24) is 9.97 Å². The molecule has 0 aliphatic carbocycles. The van der Waals surface area contributed by atoms with Crippen LogP contribution in [-0.4, -0.2) is 16.5 Å². The van der Waals surface area contributed by atoms with Gasteiger partial charge in [0.2, 0.25) is 0 Å². The minimum Gasteiger partial charge on any atom is -0.369 e. The van der Waals surface area contributed by atoms with Crippen molar-refractivity contribution in [3.05, 3.63) is 47.0 Å². The second kappa shape index (κ2) is 6.29. The molecule has 2 rings (SSSR count). The molecule has 0 aliphatic heterocycles. The molecule has 1 aromatic heterocycles. The van der Waals surface area contributed by atoms with E-state index in [0.29, 0.717) is 12.4 Å². The summed E-state index contributed by atoms with van der Waals surface area (Å²) in [4.78, 5) is 8.20. The quantitative estimate of drug-likeness (QED) is 0.576. The summed E-state index contributed by atoms with van der Waals surface area (Å²) in [5.74, 6) is 6.51. The van der Waals surface area contributed by atoms with Crippen molar-refractivity contribution in [1.29, 1.82) is 0 Å². The molecule has 1 aromatic carbocycles. The van der Waals surface area contributed by atoms with E-state index in [1.54, 1.807) is 6.07 Å². The van der Waals surface area contributed by atoms with Gasteiger partial charge in [-0.15, -0.1) is 0 Å². The van der Waals surface area contributed by atoms with Gasteiger partial charge < -0.3 is 10.7 Å². The Balaban J connectivity index is 1.99. The van der Waals surface area contributed by atoms with Crippen LogP contribution in [-0.2, 0) is 6.42 Å². The maximum Gasteiger partial charge on any atom is 0.148 e. The van der Waals surface area contributed by atoms with Crippen molar-refractivity contribution in [2.45, 2.75) is 20.3 Å². The molecule has 4 N–H and O–H groups in total. The fourth-order valence-corrected chi connectivity index (χ4v) is 2.03. The van der Waals surface area contributed by atoms with Gasteiger partial charge in [-0.2, -0.15) is 0 Å². The predicted molar refractivity (Wildman–Crippen MR) is 77.9 cm³/mol. The van der Waals surface area contributed by atoms with Gasteiger partial charge in [0.1, 0.15) is 23.8 Å². The summed E-state index contributed by atoms with van der Waals surface area (Å²) in [6.07, 6.45) is 2.24. The van der Waals surface area contributed by atoms with Crippen LogP contribution in [0.5, 0.6) is 0 Å². The van der Waals surface area contributed by atoms with E-state index in [0.717, 1.165) is 28.9 Å². The summed E-state index contributed by atoms with van der Waals surface area (Å²) in [5, 5.41) is 3.24. The van der Waals surface area contributed by atoms with Gasteiger partial charge >= 0.3 is 0 Å². The zero-order valence-electron chi connectivity index (χ0n) is 11.6. The van der Waals surface area contributed by atoms with Crippen LogP contribution in [0.15, 0.2) is 24.5 Å². The van der Waals surface area contributed by atoms with Crippen LogP contribution in [0.4, 0.5) is 16.0 Å². The average Bonchev–Trinajstić information content (AvgIpc) is 2.43. The molecule has 0 bridgehead atoms. The Kier molecular flexibility index (Phi) is 4.47. The predicted octanol–water partition coefficient (Wildman–Crippen LogP) is 2.17. The molecule has 0 aliphatic rings. The molecule has 1 heterocycles. The van der Waals surface area contributed by atoms with E-state index >= 15 is 0 Å². The molecular weight excluding hydrogens is 257 g/mol. The Morgan fingerprint density at radius 1 is 1.20 bits per heavy atom. The molecule has 106 valence electrons. The van der Waals surface area contributed by atoms with E-state index < -0.39 is 0 Å². The number of nitrogens with one attached hydrogen (secondary N) is 2. The maximum absolute atomic E-state index is 13.0. The number of nitrogen functional groups attached to an aromatic ring is 1. The van der Waals surface area contributed by atoms with Crippen molar-refractivity contribution in [3.8, 4) is 0 Å². The number of rotatable bonds is 5. The van der Waals surface area contributed by atoms with Gasteiger partial charge in [-0.1, -0.05) is 6.07 Å². The lowest BCUT2D eigenvalue weighted by Crippen LogP contribution is -2.14. The molecule has 0 fully saturated rings. The van der Waals surface area contributed by atoms with Crippen LogP contribution in [0.1, 0.15) is 16.7 Å². The Bertz CT molecular complexity index is 600. The fraction of sp³-hybridized carbons (Fsp3) is 0.286. The van der Waals surface area contributed by atoms with Crippen molar-refractivity contribution in [2.24, 2.45) is 5.84 Å². The fourth-order valence-electron chi connectivity index (χ4n) is 2.03. The number of halogens is 1. The summed E-state index contributed by atoms with van der Waals surface area (Å²) >= 11 is 0. The third-order valence-electron chi connectivity index (χ3n) is 3.21. The number of aromatic nitrogens is 2. The van der Waals surface area contributed by atoms with Crippen molar-refractivity contribution in [3.63, 3.8) is 0 Å². The average molecular weight is 275 g/mol. The Morgan fingerprint density at radius 2 is 1.95 bits per heavy atom. The van der Waals surface area contributed by atoms with Gasteiger partial charge in [-0.3, -0.25) is 0 Å². The normalized spacial score (nSPS) is 10.4. The first kappa shape index (κ1) is 14.2. The molecule has 0 spiro atoms. The number of hydrogen-bond acceptors (Lipinski definition) is 5. The monoisotopic (exact) mass is 275 g/mol. The maximum atomic E-state index is 13.0. The van der Waals surface area contributed by atoms with Crippen molar-refractivity contribution < 1.29 is 4.39 Å². The summed E-state index contributed by atoms with van der Waals surface area (Å²) in [7, 11) is 0. The van der Waals surface area contributed by atoms with E-state index in [9.17, 15) is 4.39 Å². The number of anilines is 2. The molecular formula is C14H18FN5. The molecule has 0 saturated carbocycles. The van der Waals surface area contributed by atoms with Crippen LogP contribution >= 0.6 is 0 Å². The van der Waals surface area contributed by atoms with Crippen LogP contribution in [0.25, 0.3) is 0 Å². The highest BCUT2D eigenvalue weighted by Crippen LogP contribution is 2.17. The van der Waals surface area contributed by atoms with E-state index in [1.807, 2.05) is 19.9 Å². The van der Waals surface area contributed by atoms with Gasteiger partial charge in [-0.25, -0.2) is 20.2 Å². The summed E-state index contributed by atoms with van der Waals surface area (Å²) in [6.45, 7) is 4.50. The topological polar surface area (TPSA) is 75.9 Å². The molecule has 6 heteroatoms. The number of hydrogen-bond donors (Lipinski definition) is 3. The zero-order chi connectivity index (χ0) is 14.5. The molecule has 2 aromatic rings. The smallest absolute Gasteiger partial charge is 0.148 e. The van der Waals surface area contributed by atoms with Gasteiger partial charge in [-0.05, 0) is 43.5 Å². The second-order valence-corrected chi connectivity index (χ2v) is 4.59. The Labute approximate surface area is 117 Å². The van der Waals surface area contributed by atoms with Gasteiger partial charge in [0.15, 0.2) is 0 Å². The van der Waals surface area contributed by atoms with E-state index in [1.165, 1.54) is 12.4 Å². The first-order valence-electron chi connectivity index (χ1n) is 6.39. The van der Waals surface area contributed by atoms with E-state index in [-0.39, 0.29) is 5.82 Å². The molecule has 20 heavy (non-hydrogen) atoms. The molecule has 5 nitrogen and oxygen atoms in total. The van der Waals surface area contributed by atoms with E-state index in [4.69, 9.17) is 5.84 Å². The minimum absolute atomic E-state index is 0.204. The third kappa shape index (κ3) is 3.21. The highest BCUT2D eigenvalue weighted by Gasteiger charge is 2.06. The Hall–Kier alpha value is -2.21. The number of nitrogens with two attached hydrogens (primary N) is 1. The molecule has 0 saturated heterocycles. The van der Waals surface area contributed by atoms with Crippen molar-refractivity contribution in [2.75, 3.05) is 17.3 Å². The zero-order valence-corrected chi connectivity index (χ0v) is 11.6. The van der Waals surface area contributed by atoms with Crippen molar-refractivity contribution >= 4 is 11.6 Å². The lowest BCUT2D eigenvalue weighted by atomic mass is 10.1. The third-order valence-corrected chi connectivity index (χ3v) is 3.21. The van der Waals surface area contributed by atoms with Crippen LogP contribution in [0, 0.1) is 19.7 Å². The lowest BCUT2D eigenvalue weighted by Gasteiger charge is -2.11.